The van der Waals surface area contributed by atoms with Gasteiger partial charge >= 0.3 is 0 Å². The summed E-state index contributed by atoms with van der Waals surface area (Å²) in [6.45, 7) is 48.1. The zero-order chi connectivity index (χ0) is 77.5. The minimum absolute atomic E-state index is 0.965. The highest BCUT2D eigenvalue weighted by molar-refractivity contribution is 5.86. The molecule has 16 heteroatoms. The molecule has 0 amide bonds. The van der Waals surface area contributed by atoms with Gasteiger partial charge in [0.05, 0.1) is 34.0 Å². The molecule has 0 spiro atoms. The second kappa shape index (κ2) is 55.2. The van der Waals surface area contributed by atoms with Gasteiger partial charge < -0.3 is 0 Å². The summed E-state index contributed by atoms with van der Waals surface area (Å²) in [6, 6.07) is 35.7. The van der Waals surface area contributed by atoms with E-state index in [9.17, 15) is 0 Å². The minimum atomic E-state index is 0.965. The summed E-state index contributed by atoms with van der Waals surface area (Å²) < 4.78 is 0. The first-order valence-corrected chi connectivity index (χ1v) is 36.3. The molecule has 15 heterocycles. The highest BCUT2D eigenvalue weighted by Crippen LogP contribution is 2.19. The topological polar surface area (TPSA) is 206 Å². The van der Waals surface area contributed by atoms with Crippen LogP contribution >= 0.6 is 0 Å². The molecule has 0 N–H and O–H groups in total. The SMILES string of the molecule is CC.CC.CC.CC.CC.CC.CC.CC.Cc1cncc2ccncc12.Cc1cncc2cnccc12.Cc1cncc2ncccc12.Cc1nccc2cccnc12.Cc1nccc2ccncc12.Cc1nccc2cnccc12.Cc1nccc2ncccc12.Cc1ncnc2ccccc12. The van der Waals surface area contributed by atoms with Crippen molar-refractivity contribution in [3.8, 4) is 0 Å². The summed E-state index contributed by atoms with van der Waals surface area (Å²) in [6.07, 6.45) is 39.7. The Morgan fingerprint density at radius 1 is 0.183 bits per heavy atom. The van der Waals surface area contributed by atoms with E-state index in [4.69, 9.17) is 0 Å². The van der Waals surface area contributed by atoms with E-state index >= 15 is 0 Å². The Balaban J connectivity index is 0.000000578. The fourth-order valence-corrected chi connectivity index (χ4v) is 9.21. The first-order valence-electron chi connectivity index (χ1n) is 36.3. The number of para-hydroxylation sites is 1. The third-order valence-electron chi connectivity index (χ3n) is 14.0. The summed E-state index contributed by atoms with van der Waals surface area (Å²) in [5.41, 5.74) is 12.7. The zero-order valence-electron chi connectivity index (χ0n) is 66.2. The largest absolute Gasteiger partial charge is 0.264 e. The molecule has 0 saturated heterocycles. The molecule has 104 heavy (non-hydrogen) atoms. The van der Waals surface area contributed by atoms with Gasteiger partial charge in [0.15, 0.2) is 0 Å². The number of hydrogen-bond donors (Lipinski definition) is 0. The maximum atomic E-state index is 4.22. The van der Waals surface area contributed by atoms with Gasteiger partial charge in [0.2, 0.25) is 0 Å². The molecule has 0 atom stereocenters. The third-order valence-corrected chi connectivity index (χ3v) is 14.0. The molecular formula is C88H112N16. The van der Waals surface area contributed by atoms with Gasteiger partial charge in [-0.15, -0.1) is 0 Å². The molecule has 15 aromatic heterocycles. The molecule has 0 aliphatic carbocycles. The van der Waals surface area contributed by atoms with E-state index in [1.807, 2.05) is 324 Å². The normalized spacial score (nSPS) is 9.15. The summed E-state index contributed by atoms with van der Waals surface area (Å²) in [5, 5.41) is 13.9. The number of rotatable bonds is 0. The number of aromatic nitrogens is 16. The van der Waals surface area contributed by atoms with Crippen LogP contribution in [0.1, 0.15) is 156 Å². The van der Waals surface area contributed by atoms with Crippen molar-refractivity contribution in [3.63, 3.8) is 0 Å². The van der Waals surface area contributed by atoms with E-state index in [0.717, 1.165) is 88.2 Å². The summed E-state index contributed by atoms with van der Waals surface area (Å²) in [5.74, 6) is 0. The zero-order valence-corrected chi connectivity index (χ0v) is 66.2. The number of benzene rings is 1. The fourth-order valence-electron chi connectivity index (χ4n) is 9.21. The fraction of sp³-hybridized carbons (Fsp3) is 0.273. The Kier molecular flexibility index (Phi) is 48.0. The van der Waals surface area contributed by atoms with Crippen LogP contribution in [0.5, 0.6) is 0 Å². The summed E-state index contributed by atoms with van der Waals surface area (Å²) in [4.78, 5) is 65.8. The van der Waals surface area contributed by atoms with Gasteiger partial charge in [-0.05, 0) is 162 Å². The predicted octanol–water partition coefficient (Wildman–Crippen LogP) is 23.7. The molecule has 544 valence electrons. The molecule has 1 aromatic carbocycles. The second-order valence-electron chi connectivity index (χ2n) is 20.0. The van der Waals surface area contributed by atoms with Crippen molar-refractivity contribution in [1.29, 1.82) is 0 Å². The van der Waals surface area contributed by atoms with Crippen molar-refractivity contribution in [2.24, 2.45) is 0 Å². The molecule has 0 unspecified atom stereocenters. The number of fused-ring (bicyclic) bond motifs is 8. The molecule has 16 nitrogen and oxygen atoms in total. The van der Waals surface area contributed by atoms with Crippen molar-refractivity contribution in [2.75, 3.05) is 0 Å². The molecule has 16 rings (SSSR count). The smallest absolute Gasteiger partial charge is 0.116 e. The highest BCUT2D eigenvalue weighted by atomic mass is 14.8. The predicted molar refractivity (Wildman–Crippen MR) is 445 cm³/mol. The van der Waals surface area contributed by atoms with Crippen LogP contribution in [0.15, 0.2) is 246 Å². The Morgan fingerprint density at radius 2 is 0.558 bits per heavy atom. The first kappa shape index (κ1) is 90.5. The highest BCUT2D eigenvalue weighted by Gasteiger charge is 2.01. The lowest BCUT2D eigenvalue weighted by Gasteiger charge is -1.97. The Hall–Kier alpha value is -11.5. The lowest BCUT2D eigenvalue weighted by atomic mass is 10.1. The van der Waals surface area contributed by atoms with Gasteiger partial charge in [0, 0.05) is 201 Å². The van der Waals surface area contributed by atoms with Crippen molar-refractivity contribution >= 4 is 86.7 Å². The Labute approximate surface area is 620 Å². The maximum Gasteiger partial charge on any atom is 0.116 e. The summed E-state index contributed by atoms with van der Waals surface area (Å²) in [7, 11) is 0. The molecule has 16 aromatic rings. The minimum Gasteiger partial charge on any atom is -0.264 e. The van der Waals surface area contributed by atoms with Crippen molar-refractivity contribution in [1.82, 2.24) is 79.7 Å². The number of hydrogen-bond acceptors (Lipinski definition) is 16. The Morgan fingerprint density at radius 3 is 1.12 bits per heavy atom. The van der Waals surface area contributed by atoms with Gasteiger partial charge in [-0.1, -0.05) is 141 Å². The van der Waals surface area contributed by atoms with Crippen LogP contribution in [-0.4, -0.2) is 79.7 Å². The van der Waals surface area contributed by atoms with E-state index in [1.165, 1.54) is 43.6 Å². The second-order valence-corrected chi connectivity index (χ2v) is 20.0. The lowest BCUT2D eigenvalue weighted by molar-refractivity contribution is 1.15. The van der Waals surface area contributed by atoms with Crippen LogP contribution in [0.2, 0.25) is 0 Å². The number of nitrogens with zero attached hydrogens (tertiary/aromatic N) is 16. The van der Waals surface area contributed by atoms with Crippen LogP contribution < -0.4 is 0 Å². The number of aryl methyl sites for hydroxylation is 8. The van der Waals surface area contributed by atoms with Gasteiger partial charge in [0.1, 0.15) is 6.33 Å². The van der Waals surface area contributed by atoms with Crippen molar-refractivity contribution < 1.29 is 0 Å². The number of pyridine rings is 14. The van der Waals surface area contributed by atoms with E-state index in [0.29, 0.717) is 0 Å². The molecule has 0 aliphatic rings. The third kappa shape index (κ3) is 29.6. The molecule has 0 fully saturated rings. The maximum absolute atomic E-state index is 4.22. The molecule has 0 radical (unpaired) electrons. The average Bonchev–Trinajstić information content (AvgIpc) is 0.963. The molecule has 0 bridgehead atoms. The molecule has 0 aliphatic heterocycles. The van der Waals surface area contributed by atoms with Gasteiger partial charge in [-0.2, -0.15) is 0 Å². The molecular weight excluding hydrogens is 1280 g/mol. The van der Waals surface area contributed by atoms with Gasteiger partial charge in [-0.3, -0.25) is 69.8 Å². The monoisotopic (exact) mass is 1390 g/mol. The van der Waals surface area contributed by atoms with Crippen LogP contribution in [0, 0.1) is 55.4 Å². The van der Waals surface area contributed by atoms with Crippen LogP contribution in [0.25, 0.3) is 86.7 Å². The van der Waals surface area contributed by atoms with Crippen LogP contribution in [0.4, 0.5) is 0 Å². The first-order chi connectivity index (χ1) is 51.0. The quantitative estimate of drug-likeness (QED) is 0.138. The van der Waals surface area contributed by atoms with Gasteiger partial charge in [-0.25, -0.2) is 9.97 Å². The van der Waals surface area contributed by atoms with Crippen LogP contribution in [-0.2, 0) is 0 Å². The molecule has 0 saturated carbocycles. The average molecular weight is 1390 g/mol. The van der Waals surface area contributed by atoms with Crippen LogP contribution in [0.3, 0.4) is 0 Å². The van der Waals surface area contributed by atoms with E-state index in [2.05, 4.69) is 92.7 Å². The summed E-state index contributed by atoms with van der Waals surface area (Å²) >= 11 is 0. The van der Waals surface area contributed by atoms with Crippen molar-refractivity contribution in [3.05, 3.63) is 291 Å². The van der Waals surface area contributed by atoms with E-state index in [1.54, 1.807) is 74.5 Å². The lowest BCUT2D eigenvalue weighted by Crippen LogP contribution is -1.85. The van der Waals surface area contributed by atoms with Gasteiger partial charge in [0.25, 0.3) is 0 Å². The van der Waals surface area contributed by atoms with E-state index in [-0.39, 0.29) is 0 Å². The van der Waals surface area contributed by atoms with Crippen molar-refractivity contribution in [2.45, 2.75) is 166 Å². The standard InChI is InChI=1S/8C9H8N2.8C2H6/c1-7-9-3-4-10-6-8(9)2-5-11-7;1-7-9-6-10-4-2-8(9)3-5-11-7;1-7-4-11-6-8-5-10-3-2-9(7)8;1-7-4-11-5-8-2-3-10-6-9(7)8;1-7-8-3-2-5-11-9(8)4-6-10-7;1-7-9-8(4-6-10-7)3-2-5-11-9;1-7-5-10-6-9-8(7)3-2-4-11-9;1-7-8-4-2-3-5-9(8)11-6-10-7;8*1-2/h8*2-6H,1H3;8*1-2H3. The van der Waals surface area contributed by atoms with E-state index < -0.39 is 0 Å². The Bertz CT molecular complexity index is 3950.